The Balaban J connectivity index is 2.31. The molecule has 240 valence electrons. The molecule has 1 saturated carbocycles. The average Bonchev–Trinajstić information content (AvgIpc) is 3.67. The Labute approximate surface area is 269 Å². The summed E-state index contributed by atoms with van der Waals surface area (Å²) in [6, 6.07) is 0. The summed E-state index contributed by atoms with van der Waals surface area (Å²) >= 11 is 0. The molecule has 0 nitrogen and oxygen atoms in total. The van der Waals surface area contributed by atoms with Crippen LogP contribution in [0.5, 0.6) is 0 Å². The molecule has 0 radical (unpaired) electrons. The van der Waals surface area contributed by atoms with Gasteiger partial charge in [-0.3, -0.25) is 0 Å². The van der Waals surface area contributed by atoms with Gasteiger partial charge in [0.15, 0.2) is 0 Å². The molecule has 0 amide bonds. The quantitative estimate of drug-likeness (QED) is 0.118. The first kappa shape index (κ1) is 37.1. The van der Waals surface area contributed by atoms with Crippen LogP contribution in [0.25, 0.3) is 0 Å². The van der Waals surface area contributed by atoms with Gasteiger partial charge in [-0.2, -0.15) is 0 Å². The van der Waals surface area contributed by atoms with Gasteiger partial charge in [0, 0.05) is 0 Å². The van der Waals surface area contributed by atoms with E-state index in [4.69, 9.17) is 0 Å². The Morgan fingerprint density at radius 3 is 2.42 bits per heavy atom. The third kappa shape index (κ3) is 11.4. The molecule has 0 aromatic heterocycles. The van der Waals surface area contributed by atoms with E-state index in [0.717, 1.165) is 36.5 Å². The van der Waals surface area contributed by atoms with Gasteiger partial charge in [-0.15, -0.1) is 6.58 Å². The molecule has 1 fully saturated rings. The van der Waals surface area contributed by atoms with Crippen molar-refractivity contribution in [2.45, 2.75) is 140 Å². The summed E-state index contributed by atoms with van der Waals surface area (Å²) in [7, 11) is 0. The molecule has 5 atom stereocenters. The highest BCUT2D eigenvalue weighted by molar-refractivity contribution is 5.46. The van der Waals surface area contributed by atoms with Crippen molar-refractivity contribution in [2.75, 3.05) is 0 Å². The Kier molecular flexibility index (Phi) is 15.6. The average molecular weight is 585 g/mol. The second kappa shape index (κ2) is 18.0. The zero-order chi connectivity index (χ0) is 32.0. The van der Waals surface area contributed by atoms with Crippen molar-refractivity contribution in [3.05, 3.63) is 95.2 Å². The van der Waals surface area contributed by atoms with E-state index in [2.05, 4.69) is 137 Å². The second-order valence-electron chi connectivity index (χ2n) is 15.0. The van der Waals surface area contributed by atoms with Crippen LogP contribution in [0.1, 0.15) is 140 Å². The van der Waals surface area contributed by atoms with Gasteiger partial charge in [0.2, 0.25) is 0 Å². The van der Waals surface area contributed by atoms with E-state index in [1.807, 2.05) is 0 Å². The Hall–Kier alpha value is -2.08. The Morgan fingerprint density at radius 2 is 1.77 bits per heavy atom. The third-order valence-corrected chi connectivity index (χ3v) is 10.9. The molecule has 0 aromatic carbocycles. The SMILES string of the molecule is C=CCCCCCC(C)CC(C(C)CCC)C1(C)CC1C(C)(C)CC1=CC(C(C)=CC)=CC=CC(CC)=C(C)C=CC=C1. The van der Waals surface area contributed by atoms with Crippen LogP contribution in [-0.4, -0.2) is 0 Å². The van der Waals surface area contributed by atoms with Crippen molar-refractivity contribution < 1.29 is 0 Å². The van der Waals surface area contributed by atoms with E-state index in [1.165, 1.54) is 85.7 Å². The molecule has 2 aliphatic carbocycles. The first-order chi connectivity index (χ1) is 20.4. The fourth-order valence-electron chi connectivity index (χ4n) is 8.03. The minimum atomic E-state index is 0.250. The summed E-state index contributed by atoms with van der Waals surface area (Å²) in [5.74, 6) is 3.20. The van der Waals surface area contributed by atoms with E-state index in [1.54, 1.807) is 0 Å². The van der Waals surface area contributed by atoms with Crippen LogP contribution in [0, 0.1) is 34.5 Å². The van der Waals surface area contributed by atoms with E-state index in [0.29, 0.717) is 5.41 Å². The summed E-state index contributed by atoms with van der Waals surface area (Å²) in [5, 5.41) is 0. The van der Waals surface area contributed by atoms with Crippen molar-refractivity contribution in [1.82, 2.24) is 0 Å². The van der Waals surface area contributed by atoms with Gasteiger partial charge in [0.1, 0.15) is 0 Å². The summed E-state index contributed by atoms with van der Waals surface area (Å²) in [4.78, 5) is 0. The maximum absolute atomic E-state index is 3.89. The van der Waals surface area contributed by atoms with Crippen molar-refractivity contribution in [3.8, 4) is 0 Å². The standard InChI is InChI=1S/C43H68/c1-12-16-17-18-19-24-33(5)29-40(36(8)23-13-2)43(11)32-41(43)42(9,10)31-37-26-21-20-25-35(7)38(15-4)27-22-28-39(30-37)34(6)14-3/h12,14,20-22,25-28,30,33,36,40-41H,1,13,15-19,23-24,29,31-32H2,2-11H3. The van der Waals surface area contributed by atoms with Gasteiger partial charge in [0.05, 0.1) is 0 Å². The van der Waals surface area contributed by atoms with Crippen molar-refractivity contribution in [3.63, 3.8) is 0 Å². The van der Waals surface area contributed by atoms with Crippen molar-refractivity contribution in [2.24, 2.45) is 34.5 Å². The molecule has 0 heterocycles. The highest BCUT2D eigenvalue weighted by Crippen LogP contribution is 2.68. The molecular formula is C43H68. The van der Waals surface area contributed by atoms with Crippen LogP contribution in [0.3, 0.4) is 0 Å². The first-order valence-corrected chi connectivity index (χ1v) is 17.8. The van der Waals surface area contributed by atoms with E-state index >= 15 is 0 Å². The summed E-state index contributed by atoms with van der Waals surface area (Å²) in [5.41, 5.74) is 7.54. The molecule has 0 aromatic rings. The molecule has 0 spiro atoms. The lowest BCUT2D eigenvalue weighted by Crippen LogP contribution is -2.29. The van der Waals surface area contributed by atoms with Crippen LogP contribution < -0.4 is 0 Å². The predicted molar refractivity (Wildman–Crippen MR) is 195 cm³/mol. The minimum Gasteiger partial charge on any atom is -0.103 e. The fourth-order valence-corrected chi connectivity index (χ4v) is 8.03. The second-order valence-corrected chi connectivity index (χ2v) is 15.0. The third-order valence-electron chi connectivity index (χ3n) is 10.9. The maximum Gasteiger partial charge on any atom is -0.0224 e. The van der Waals surface area contributed by atoms with Crippen LogP contribution in [0.2, 0.25) is 0 Å². The summed E-state index contributed by atoms with van der Waals surface area (Å²) < 4.78 is 0. The molecule has 0 heteroatoms. The van der Waals surface area contributed by atoms with Crippen LogP contribution >= 0.6 is 0 Å². The molecule has 2 rings (SSSR count). The van der Waals surface area contributed by atoms with Gasteiger partial charge in [0.25, 0.3) is 0 Å². The van der Waals surface area contributed by atoms with Crippen LogP contribution in [-0.2, 0) is 0 Å². The first-order valence-electron chi connectivity index (χ1n) is 17.8. The normalized spacial score (nSPS) is 23.7. The molecule has 43 heavy (non-hydrogen) atoms. The maximum atomic E-state index is 3.89. The van der Waals surface area contributed by atoms with Crippen LogP contribution in [0.15, 0.2) is 95.2 Å². The Morgan fingerprint density at radius 1 is 1.05 bits per heavy atom. The fraction of sp³-hybridized carbons (Fsp3) is 0.628. The molecule has 0 saturated heterocycles. The number of allylic oxidation sites excluding steroid dienone is 15. The molecule has 5 unspecified atom stereocenters. The van der Waals surface area contributed by atoms with Gasteiger partial charge in [-0.1, -0.05) is 141 Å². The van der Waals surface area contributed by atoms with Crippen molar-refractivity contribution >= 4 is 0 Å². The molecule has 0 N–H and O–H groups in total. The Bertz CT molecular complexity index is 1090. The topological polar surface area (TPSA) is 0 Å². The zero-order valence-electron chi connectivity index (χ0n) is 30.1. The number of unbranched alkanes of at least 4 members (excludes halogenated alkanes) is 3. The monoisotopic (exact) mass is 585 g/mol. The van der Waals surface area contributed by atoms with Crippen molar-refractivity contribution in [1.29, 1.82) is 0 Å². The lowest BCUT2D eigenvalue weighted by molar-refractivity contribution is 0.132. The number of rotatable bonds is 17. The zero-order valence-corrected chi connectivity index (χ0v) is 30.1. The molecular weight excluding hydrogens is 516 g/mol. The van der Waals surface area contributed by atoms with Gasteiger partial charge >= 0.3 is 0 Å². The van der Waals surface area contributed by atoms with E-state index in [-0.39, 0.29) is 5.41 Å². The lowest BCUT2D eigenvalue weighted by Gasteiger charge is -2.37. The number of hydrogen-bond donors (Lipinski definition) is 0. The van der Waals surface area contributed by atoms with Gasteiger partial charge in [-0.25, -0.2) is 0 Å². The van der Waals surface area contributed by atoms with Gasteiger partial charge in [-0.05, 0) is 122 Å². The smallest absolute Gasteiger partial charge is 0.0224 e. The van der Waals surface area contributed by atoms with E-state index < -0.39 is 0 Å². The lowest BCUT2D eigenvalue weighted by atomic mass is 9.68. The summed E-state index contributed by atoms with van der Waals surface area (Å²) in [6.07, 6.45) is 36.9. The summed E-state index contributed by atoms with van der Waals surface area (Å²) in [6.45, 7) is 28.0. The molecule has 2 aliphatic rings. The molecule has 0 bridgehead atoms. The number of hydrogen-bond acceptors (Lipinski definition) is 0. The van der Waals surface area contributed by atoms with E-state index in [9.17, 15) is 0 Å². The highest BCUT2D eigenvalue weighted by atomic mass is 14.7. The minimum absolute atomic E-state index is 0.250. The molecule has 0 aliphatic heterocycles. The predicted octanol–water partition coefficient (Wildman–Crippen LogP) is 13.9. The van der Waals surface area contributed by atoms with Crippen LogP contribution in [0.4, 0.5) is 0 Å². The largest absolute Gasteiger partial charge is 0.103 e. The van der Waals surface area contributed by atoms with Gasteiger partial charge < -0.3 is 0 Å². The highest BCUT2D eigenvalue weighted by Gasteiger charge is 2.61.